The van der Waals surface area contributed by atoms with Crippen LogP contribution in [0.4, 0.5) is 13.2 Å². The van der Waals surface area contributed by atoms with Gasteiger partial charge in [0, 0.05) is 36.6 Å². The van der Waals surface area contributed by atoms with Gasteiger partial charge in [-0.3, -0.25) is 4.79 Å². The number of ether oxygens (including phenoxy) is 1. The number of aryl methyl sites for hydroxylation is 2. The van der Waals surface area contributed by atoms with Crippen molar-refractivity contribution in [2.45, 2.75) is 38.8 Å². The van der Waals surface area contributed by atoms with Gasteiger partial charge >= 0.3 is 18.1 Å². The van der Waals surface area contributed by atoms with Crippen LogP contribution in [0.15, 0.2) is 35.1 Å². The van der Waals surface area contributed by atoms with E-state index in [4.69, 9.17) is 0 Å². The Bertz CT molecular complexity index is 1330. The van der Waals surface area contributed by atoms with Crippen molar-refractivity contribution in [2.24, 2.45) is 7.05 Å². The Kier molecular flexibility index (Phi) is 6.84. The Morgan fingerprint density at radius 2 is 1.83 bits per heavy atom. The van der Waals surface area contributed by atoms with Crippen LogP contribution in [0.5, 0.6) is 0 Å². The summed E-state index contributed by atoms with van der Waals surface area (Å²) >= 11 is 0. The summed E-state index contributed by atoms with van der Waals surface area (Å²) in [5.74, 6) is -4.31. The fourth-order valence-corrected chi connectivity index (χ4v) is 4.54. The second-order valence-electron chi connectivity index (χ2n) is 8.71. The molecule has 1 aliphatic rings. The molecule has 0 bridgehead atoms. The van der Waals surface area contributed by atoms with Crippen molar-refractivity contribution in [1.82, 2.24) is 14.5 Å². The third-order valence-corrected chi connectivity index (χ3v) is 6.45. The Morgan fingerprint density at radius 3 is 2.49 bits per heavy atom. The molecule has 0 amide bonds. The van der Waals surface area contributed by atoms with E-state index < -0.39 is 29.2 Å². The fourth-order valence-electron chi connectivity index (χ4n) is 4.54. The van der Waals surface area contributed by atoms with Gasteiger partial charge in [-0.05, 0) is 67.7 Å². The van der Waals surface area contributed by atoms with Crippen LogP contribution in [0.3, 0.4) is 0 Å². The number of H-pyrrole nitrogens is 1. The lowest BCUT2D eigenvalue weighted by Crippen LogP contribution is -2.30. The first-order valence-electron chi connectivity index (χ1n) is 11.5. The maximum Gasteiger partial charge on any atom is 0.491 e. The molecule has 1 aliphatic heterocycles. The van der Waals surface area contributed by atoms with Crippen molar-refractivity contribution in [2.75, 3.05) is 19.6 Å². The third-order valence-electron chi connectivity index (χ3n) is 6.45. The van der Waals surface area contributed by atoms with Gasteiger partial charge in [0.15, 0.2) is 0 Å². The summed E-state index contributed by atoms with van der Waals surface area (Å²) < 4.78 is 43.3. The standard InChI is InChI=1S/C25H26F3N3O4/c1-3-15-14-19(23(33)35-24(34)25(26,27)28)22(32)29-21(15)16-6-7-20-17(12-16)13-18(30(20)2)8-11-31-9-4-5-10-31/h6-7,12-14H,3-5,8-11H2,1-2H3,(H,29,32). The second kappa shape index (κ2) is 9.69. The number of aromatic nitrogens is 2. The van der Waals surface area contributed by atoms with Gasteiger partial charge in [-0.2, -0.15) is 13.2 Å². The Labute approximate surface area is 199 Å². The number of fused-ring (bicyclic) bond motifs is 1. The molecule has 1 saturated heterocycles. The molecule has 1 N–H and O–H groups in total. The van der Waals surface area contributed by atoms with Crippen molar-refractivity contribution >= 4 is 22.8 Å². The highest BCUT2D eigenvalue weighted by Crippen LogP contribution is 2.28. The minimum atomic E-state index is -5.34. The van der Waals surface area contributed by atoms with E-state index in [-0.39, 0.29) is 0 Å². The molecule has 0 atom stereocenters. The summed E-state index contributed by atoms with van der Waals surface area (Å²) in [4.78, 5) is 40.6. The van der Waals surface area contributed by atoms with Crippen LogP contribution in [0.1, 0.15) is 41.4 Å². The Morgan fingerprint density at radius 1 is 1.11 bits per heavy atom. The monoisotopic (exact) mass is 489 g/mol. The zero-order chi connectivity index (χ0) is 25.3. The number of hydrogen-bond acceptors (Lipinski definition) is 5. The molecule has 1 fully saturated rings. The molecule has 0 saturated carbocycles. The van der Waals surface area contributed by atoms with Crippen molar-refractivity contribution < 1.29 is 27.5 Å². The summed E-state index contributed by atoms with van der Waals surface area (Å²) in [7, 11) is 2.02. The molecule has 0 radical (unpaired) electrons. The number of nitrogens with zero attached hydrogens (tertiary/aromatic N) is 2. The van der Waals surface area contributed by atoms with Gasteiger partial charge in [-0.25, -0.2) is 9.59 Å². The predicted molar refractivity (Wildman–Crippen MR) is 124 cm³/mol. The lowest BCUT2D eigenvalue weighted by molar-refractivity contribution is -0.193. The minimum Gasteiger partial charge on any atom is -0.382 e. The van der Waals surface area contributed by atoms with Gasteiger partial charge in [-0.1, -0.05) is 13.0 Å². The van der Waals surface area contributed by atoms with E-state index >= 15 is 0 Å². The highest BCUT2D eigenvalue weighted by atomic mass is 19.4. The van der Waals surface area contributed by atoms with Crippen LogP contribution in [-0.4, -0.2) is 52.2 Å². The summed E-state index contributed by atoms with van der Waals surface area (Å²) in [6.07, 6.45) is -1.55. The lowest BCUT2D eigenvalue weighted by Gasteiger charge is -2.14. The van der Waals surface area contributed by atoms with Gasteiger partial charge in [0.2, 0.25) is 0 Å². The fraction of sp³-hybridized carbons (Fsp3) is 0.400. The van der Waals surface area contributed by atoms with Crippen LogP contribution in [-0.2, 0) is 29.4 Å². The average Bonchev–Trinajstić information content (AvgIpc) is 3.44. The topological polar surface area (TPSA) is 84.4 Å². The van der Waals surface area contributed by atoms with Crippen LogP contribution in [0.2, 0.25) is 0 Å². The number of hydrogen-bond donors (Lipinski definition) is 1. The Hall–Kier alpha value is -3.40. The number of aromatic amines is 1. The quantitative estimate of drug-likeness (QED) is 0.418. The van der Waals surface area contributed by atoms with Gasteiger partial charge < -0.3 is 19.2 Å². The molecule has 2 aromatic heterocycles. The van der Waals surface area contributed by atoms with Gasteiger partial charge in [0.05, 0.1) is 5.69 Å². The molecular formula is C25H26F3N3O4. The molecule has 35 heavy (non-hydrogen) atoms. The number of alkyl halides is 3. The molecule has 1 aromatic carbocycles. The van der Waals surface area contributed by atoms with Crippen molar-refractivity contribution in [3.63, 3.8) is 0 Å². The second-order valence-corrected chi connectivity index (χ2v) is 8.71. The van der Waals surface area contributed by atoms with E-state index in [1.165, 1.54) is 24.6 Å². The number of rotatable bonds is 6. The molecule has 3 aromatic rings. The summed E-state index contributed by atoms with van der Waals surface area (Å²) in [5.41, 5.74) is 2.33. The van der Waals surface area contributed by atoms with E-state index in [2.05, 4.69) is 25.3 Å². The molecule has 0 spiro atoms. The van der Waals surface area contributed by atoms with E-state index in [1.54, 1.807) is 6.92 Å². The largest absolute Gasteiger partial charge is 0.491 e. The molecule has 0 aliphatic carbocycles. The number of benzene rings is 1. The molecular weight excluding hydrogens is 463 g/mol. The summed E-state index contributed by atoms with van der Waals surface area (Å²) in [5, 5.41) is 0.989. The highest BCUT2D eigenvalue weighted by Gasteiger charge is 2.43. The summed E-state index contributed by atoms with van der Waals surface area (Å²) in [6, 6.07) is 9.03. The number of halogens is 3. The van der Waals surface area contributed by atoms with Gasteiger partial charge in [0.25, 0.3) is 5.56 Å². The first-order chi connectivity index (χ1) is 16.6. The SMILES string of the molecule is CCc1cc(C(=O)OC(=O)C(F)(F)F)c(=O)[nH]c1-c1ccc2c(c1)cc(CCN1CCCC1)n2C. The van der Waals surface area contributed by atoms with Crippen molar-refractivity contribution in [3.05, 3.63) is 57.5 Å². The maximum absolute atomic E-state index is 12.5. The first kappa shape index (κ1) is 24.7. The number of esters is 2. The number of pyridine rings is 1. The molecule has 0 unspecified atom stereocenters. The summed E-state index contributed by atoms with van der Waals surface area (Å²) in [6.45, 7) is 5.05. The first-order valence-corrected chi connectivity index (χ1v) is 11.5. The zero-order valence-corrected chi connectivity index (χ0v) is 19.5. The van der Waals surface area contributed by atoms with E-state index in [0.29, 0.717) is 23.2 Å². The van der Waals surface area contributed by atoms with Gasteiger partial charge in [0.1, 0.15) is 5.56 Å². The Balaban J connectivity index is 1.63. The van der Waals surface area contributed by atoms with E-state index in [1.807, 2.05) is 25.2 Å². The van der Waals surface area contributed by atoms with Gasteiger partial charge in [-0.15, -0.1) is 0 Å². The third kappa shape index (κ3) is 5.17. The number of carbonyl (C=O) groups excluding carboxylic acids is 2. The highest BCUT2D eigenvalue weighted by molar-refractivity contribution is 5.98. The molecule has 7 nitrogen and oxygen atoms in total. The molecule has 3 heterocycles. The average molecular weight is 489 g/mol. The number of nitrogens with one attached hydrogen (secondary N) is 1. The van der Waals surface area contributed by atoms with Crippen LogP contribution >= 0.6 is 0 Å². The smallest absolute Gasteiger partial charge is 0.382 e. The van der Waals surface area contributed by atoms with Crippen LogP contribution in [0.25, 0.3) is 22.2 Å². The lowest BCUT2D eigenvalue weighted by atomic mass is 10.0. The van der Waals surface area contributed by atoms with E-state index in [9.17, 15) is 27.6 Å². The zero-order valence-electron chi connectivity index (χ0n) is 19.5. The molecule has 186 valence electrons. The number of carbonyl (C=O) groups is 2. The maximum atomic E-state index is 12.5. The predicted octanol–water partition coefficient (Wildman–Crippen LogP) is 3.98. The minimum absolute atomic E-state index is 0.382. The normalized spacial score (nSPS) is 14.5. The van der Waals surface area contributed by atoms with Crippen molar-refractivity contribution in [1.29, 1.82) is 0 Å². The molecule has 4 rings (SSSR count). The van der Waals surface area contributed by atoms with Crippen molar-refractivity contribution in [3.8, 4) is 11.3 Å². The number of likely N-dealkylation sites (tertiary alicyclic amines) is 1. The van der Waals surface area contributed by atoms with Crippen LogP contribution < -0.4 is 5.56 Å². The van der Waals surface area contributed by atoms with Crippen LogP contribution in [0, 0.1) is 0 Å². The van der Waals surface area contributed by atoms with E-state index in [0.717, 1.165) is 37.0 Å². The molecule has 10 heteroatoms.